The Labute approximate surface area is 164 Å². The van der Waals surface area contributed by atoms with Crippen molar-refractivity contribution in [3.05, 3.63) is 51.2 Å². The van der Waals surface area contributed by atoms with Gasteiger partial charge in [0.1, 0.15) is 0 Å². The minimum atomic E-state index is -0.642. The molecule has 7 heteroatoms. The van der Waals surface area contributed by atoms with Gasteiger partial charge in [-0.15, -0.1) is 0 Å². The Kier molecular flexibility index (Phi) is 4.89. The van der Waals surface area contributed by atoms with E-state index in [1.807, 2.05) is 29.9 Å². The molecule has 1 aliphatic heterocycles. The van der Waals surface area contributed by atoms with Crippen molar-refractivity contribution in [2.24, 2.45) is 7.05 Å². The van der Waals surface area contributed by atoms with Crippen LogP contribution in [0.4, 0.5) is 0 Å². The molecule has 0 saturated heterocycles. The standard InChI is InChI=1S/C21H29N5O2/c1-12(8-9-15-13(2)24-25(4)14(15)3)22-18-10-11-26-19-16(20(18)27)6-5-7-17(19)23-21(26)28/h5-7,12,18,20,22,27H,8-11H2,1-4H3,(H,23,28)/t12-,18+,20+/m0/s1. The zero-order chi connectivity index (χ0) is 20.0. The van der Waals surface area contributed by atoms with Crippen molar-refractivity contribution in [3.63, 3.8) is 0 Å². The first kappa shape index (κ1) is 19.0. The zero-order valence-electron chi connectivity index (χ0n) is 17.0. The average Bonchev–Trinajstić information content (AvgIpc) is 3.05. The summed E-state index contributed by atoms with van der Waals surface area (Å²) in [5.74, 6) is 0. The van der Waals surface area contributed by atoms with Crippen LogP contribution in [-0.4, -0.2) is 36.5 Å². The predicted octanol–water partition coefficient (Wildman–Crippen LogP) is 2.10. The molecule has 3 aromatic rings. The Morgan fingerprint density at radius 2 is 2.18 bits per heavy atom. The van der Waals surface area contributed by atoms with Crippen molar-refractivity contribution < 1.29 is 5.11 Å². The van der Waals surface area contributed by atoms with Crippen molar-refractivity contribution in [1.29, 1.82) is 0 Å². The Balaban J connectivity index is 1.48. The van der Waals surface area contributed by atoms with Gasteiger partial charge in [0.2, 0.25) is 0 Å². The van der Waals surface area contributed by atoms with E-state index >= 15 is 0 Å². The number of aromatic nitrogens is 4. The molecule has 2 aromatic heterocycles. The highest BCUT2D eigenvalue weighted by atomic mass is 16.3. The fraction of sp³-hybridized carbons (Fsp3) is 0.524. The number of rotatable bonds is 5. The van der Waals surface area contributed by atoms with Crippen LogP contribution in [0.1, 0.15) is 48.4 Å². The second-order valence-corrected chi connectivity index (χ2v) is 8.04. The number of hydrogen-bond donors (Lipinski definition) is 3. The van der Waals surface area contributed by atoms with E-state index in [1.54, 1.807) is 4.57 Å². The first-order valence-corrected chi connectivity index (χ1v) is 10.0. The molecule has 0 fully saturated rings. The molecule has 4 rings (SSSR count). The van der Waals surface area contributed by atoms with Crippen LogP contribution in [0, 0.1) is 13.8 Å². The van der Waals surface area contributed by atoms with Gasteiger partial charge < -0.3 is 15.4 Å². The van der Waals surface area contributed by atoms with Crippen molar-refractivity contribution >= 4 is 11.0 Å². The first-order chi connectivity index (χ1) is 13.4. The van der Waals surface area contributed by atoms with E-state index in [0.29, 0.717) is 13.0 Å². The Hall–Kier alpha value is -2.38. The highest BCUT2D eigenvalue weighted by molar-refractivity contribution is 5.79. The van der Waals surface area contributed by atoms with E-state index < -0.39 is 6.10 Å². The summed E-state index contributed by atoms with van der Waals surface area (Å²) >= 11 is 0. The fourth-order valence-electron chi connectivity index (χ4n) is 4.51. The molecule has 0 amide bonds. The number of nitrogens with one attached hydrogen (secondary N) is 2. The van der Waals surface area contributed by atoms with E-state index in [1.165, 1.54) is 11.3 Å². The van der Waals surface area contributed by atoms with Gasteiger partial charge >= 0.3 is 5.69 Å². The topological polar surface area (TPSA) is 87.9 Å². The number of H-pyrrole nitrogens is 1. The summed E-state index contributed by atoms with van der Waals surface area (Å²) in [4.78, 5) is 15.1. The van der Waals surface area contributed by atoms with Crippen molar-refractivity contribution in [2.75, 3.05) is 0 Å². The molecule has 0 bridgehead atoms. The van der Waals surface area contributed by atoms with Crippen LogP contribution >= 0.6 is 0 Å². The van der Waals surface area contributed by atoms with Gasteiger partial charge in [-0.1, -0.05) is 12.1 Å². The Bertz CT molecular complexity index is 1060. The van der Waals surface area contributed by atoms with Crippen molar-refractivity contribution in [3.8, 4) is 0 Å². The van der Waals surface area contributed by atoms with E-state index in [4.69, 9.17) is 0 Å². The molecular formula is C21H29N5O2. The number of benzene rings is 1. The molecule has 3 atom stereocenters. The second-order valence-electron chi connectivity index (χ2n) is 8.04. The summed E-state index contributed by atoms with van der Waals surface area (Å²) < 4.78 is 3.69. The number of nitrogens with zero attached hydrogens (tertiary/aromatic N) is 3. The molecule has 1 aliphatic rings. The lowest BCUT2D eigenvalue weighted by molar-refractivity contribution is 0.119. The SMILES string of the molecule is Cc1nn(C)c(C)c1CC[C@H](C)N[C@@H]1CCn2c(=O)[nH]c3cccc(c32)[C@H]1O. The Morgan fingerprint density at radius 3 is 2.89 bits per heavy atom. The molecule has 0 aliphatic carbocycles. The highest BCUT2D eigenvalue weighted by Gasteiger charge is 2.29. The summed E-state index contributed by atoms with van der Waals surface area (Å²) in [7, 11) is 1.98. The molecule has 0 spiro atoms. The number of imidazole rings is 1. The lowest BCUT2D eigenvalue weighted by Gasteiger charge is -2.26. The maximum atomic E-state index is 12.3. The van der Waals surface area contributed by atoms with Crippen LogP contribution < -0.4 is 11.0 Å². The van der Waals surface area contributed by atoms with Crippen LogP contribution in [0.5, 0.6) is 0 Å². The van der Waals surface area contributed by atoms with E-state index in [2.05, 4.69) is 36.2 Å². The largest absolute Gasteiger partial charge is 0.387 e. The van der Waals surface area contributed by atoms with Gasteiger partial charge in [-0.25, -0.2) is 4.79 Å². The van der Waals surface area contributed by atoms with Crippen LogP contribution in [0.25, 0.3) is 11.0 Å². The molecule has 28 heavy (non-hydrogen) atoms. The summed E-state index contributed by atoms with van der Waals surface area (Å²) in [6.45, 7) is 6.92. The lowest BCUT2D eigenvalue weighted by atomic mass is 9.98. The molecule has 0 radical (unpaired) electrons. The van der Waals surface area contributed by atoms with Crippen molar-refractivity contribution in [1.82, 2.24) is 24.6 Å². The number of aromatic amines is 1. The van der Waals surface area contributed by atoms with Gasteiger partial charge in [0.25, 0.3) is 0 Å². The predicted molar refractivity (Wildman–Crippen MR) is 110 cm³/mol. The molecule has 1 aromatic carbocycles. The number of aliphatic hydroxyl groups is 1. The van der Waals surface area contributed by atoms with E-state index in [0.717, 1.165) is 35.1 Å². The lowest BCUT2D eigenvalue weighted by Crippen LogP contribution is -2.41. The summed E-state index contributed by atoms with van der Waals surface area (Å²) in [6, 6.07) is 5.85. The average molecular weight is 383 g/mol. The van der Waals surface area contributed by atoms with Crippen LogP contribution in [0.3, 0.4) is 0 Å². The minimum Gasteiger partial charge on any atom is -0.387 e. The molecular weight excluding hydrogens is 354 g/mol. The van der Waals surface area contributed by atoms with Gasteiger partial charge in [0.15, 0.2) is 0 Å². The molecule has 3 N–H and O–H groups in total. The van der Waals surface area contributed by atoms with E-state index in [-0.39, 0.29) is 17.8 Å². The van der Waals surface area contributed by atoms with Gasteiger partial charge in [-0.2, -0.15) is 5.10 Å². The van der Waals surface area contributed by atoms with Crippen LogP contribution in [0.15, 0.2) is 23.0 Å². The summed E-state index contributed by atoms with van der Waals surface area (Å²) in [6.07, 6.45) is 1.99. The maximum Gasteiger partial charge on any atom is 0.326 e. The fourth-order valence-corrected chi connectivity index (χ4v) is 4.51. The third kappa shape index (κ3) is 3.18. The third-order valence-corrected chi connectivity index (χ3v) is 6.17. The summed E-state index contributed by atoms with van der Waals surface area (Å²) in [5, 5.41) is 19.1. The molecule has 0 saturated carbocycles. The quantitative estimate of drug-likeness (QED) is 0.630. The van der Waals surface area contributed by atoms with Crippen LogP contribution in [-0.2, 0) is 20.0 Å². The molecule has 0 unspecified atom stereocenters. The number of hydrogen-bond acceptors (Lipinski definition) is 4. The molecule has 150 valence electrons. The van der Waals surface area contributed by atoms with Crippen molar-refractivity contribution in [2.45, 2.75) is 64.8 Å². The maximum absolute atomic E-state index is 12.3. The number of para-hydroxylation sites is 1. The third-order valence-electron chi connectivity index (χ3n) is 6.17. The number of aryl methyl sites for hydroxylation is 3. The highest BCUT2D eigenvalue weighted by Crippen LogP contribution is 2.30. The monoisotopic (exact) mass is 383 g/mol. The van der Waals surface area contributed by atoms with Gasteiger partial charge in [-0.05, 0) is 51.7 Å². The number of aliphatic hydroxyl groups excluding tert-OH is 1. The van der Waals surface area contributed by atoms with E-state index in [9.17, 15) is 9.90 Å². The first-order valence-electron chi connectivity index (χ1n) is 10.0. The van der Waals surface area contributed by atoms with Gasteiger partial charge in [-0.3, -0.25) is 9.25 Å². The minimum absolute atomic E-state index is 0.0870. The molecule has 7 nitrogen and oxygen atoms in total. The normalized spacial score (nSPS) is 20.5. The Morgan fingerprint density at radius 1 is 1.39 bits per heavy atom. The second kappa shape index (κ2) is 7.22. The zero-order valence-corrected chi connectivity index (χ0v) is 17.0. The van der Waals surface area contributed by atoms with Gasteiger partial charge in [0, 0.05) is 36.9 Å². The summed E-state index contributed by atoms with van der Waals surface area (Å²) in [5.41, 5.74) is 5.94. The smallest absolute Gasteiger partial charge is 0.326 e. The molecule has 3 heterocycles. The van der Waals surface area contributed by atoms with Crippen LogP contribution in [0.2, 0.25) is 0 Å². The van der Waals surface area contributed by atoms with Gasteiger partial charge in [0.05, 0.1) is 22.8 Å².